The van der Waals surface area contributed by atoms with Crippen LogP contribution in [-0.2, 0) is 14.8 Å². The molecule has 1 aliphatic rings. The summed E-state index contributed by atoms with van der Waals surface area (Å²) in [6.07, 6.45) is 0. The molecule has 3 rings (SSSR count). The molecule has 0 radical (unpaired) electrons. The van der Waals surface area contributed by atoms with E-state index in [4.69, 9.17) is 4.74 Å². The Balaban J connectivity index is 1.88. The molecule has 2 heterocycles. The van der Waals surface area contributed by atoms with Crippen LogP contribution < -0.4 is 5.32 Å². The lowest BCUT2D eigenvalue weighted by atomic mass is 10.2. The SMILES string of the molecule is Cc1nnc(NC(=O)c2cc(S(=O)(=O)N3CCOCC3)ccc2O)s1. The molecule has 0 spiro atoms. The summed E-state index contributed by atoms with van der Waals surface area (Å²) in [6, 6.07) is 3.61. The van der Waals surface area contributed by atoms with Crippen LogP contribution in [0, 0.1) is 6.92 Å². The average molecular weight is 384 g/mol. The monoisotopic (exact) mass is 384 g/mol. The number of rotatable bonds is 4. The van der Waals surface area contributed by atoms with Crippen LogP contribution in [0.5, 0.6) is 5.75 Å². The van der Waals surface area contributed by atoms with E-state index >= 15 is 0 Å². The van der Waals surface area contributed by atoms with Gasteiger partial charge in [0.1, 0.15) is 10.8 Å². The van der Waals surface area contributed by atoms with Crippen LogP contribution >= 0.6 is 11.3 Å². The second-order valence-electron chi connectivity index (χ2n) is 5.28. The number of benzene rings is 1. The van der Waals surface area contributed by atoms with E-state index in [0.29, 0.717) is 18.2 Å². The number of phenols is 1. The first-order valence-electron chi connectivity index (χ1n) is 7.40. The molecule has 1 aromatic carbocycles. The molecule has 1 aliphatic heterocycles. The summed E-state index contributed by atoms with van der Waals surface area (Å²) in [4.78, 5) is 12.3. The number of anilines is 1. The Morgan fingerprint density at radius 1 is 1.32 bits per heavy atom. The largest absolute Gasteiger partial charge is 0.507 e. The van der Waals surface area contributed by atoms with E-state index in [1.165, 1.54) is 27.8 Å². The van der Waals surface area contributed by atoms with E-state index in [1.54, 1.807) is 6.92 Å². The number of carbonyl (C=O) groups is 1. The van der Waals surface area contributed by atoms with Crippen LogP contribution in [0.25, 0.3) is 0 Å². The van der Waals surface area contributed by atoms with Gasteiger partial charge in [-0.1, -0.05) is 11.3 Å². The summed E-state index contributed by atoms with van der Waals surface area (Å²) in [5, 5.41) is 20.9. The van der Waals surface area contributed by atoms with Crippen LogP contribution in [0.15, 0.2) is 23.1 Å². The maximum Gasteiger partial charge on any atom is 0.261 e. The molecule has 1 fully saturated rings. The zero-order valence-corrected chi connectivity index (χ0v) is 14.9. The molecule has 2 N–H and O–H groups in total. The van der Waals surface area contributed by atoms with Crippen LogP contribution in [-0.4, -0.2) is 60.2 Å². The minimum Gasteiger partial charge on any atom is -0.507 e. The molecule has 134 valence electrons. The van der Waals surface area contributed by atoms with Crippen molar-refractivity contribution in [3.8, 4) is 5.75 Å². The molecule has 0 saturated carbocycles. The molecule has 0 atom stereocenters. The average Bonchev–Trinajstić information content (AvgIpc) is 3.00. The summed E-state index contributed by atoms with van der Waals surface area (Å²) >= 11 is 1.17. The molecular weight excluding hydrogens is 368 g/mol. The van der Waals surface area contributed by atoms with Gasteiger partial charge in [0.05, 0.1) is 23.7 Å². The lowest BCUT2D eigenvalue weighted by molar-refractivity contribution is 0.0730. The number of carbonyl (C=O) groups excluding carboxylic acids is 1. The zero-order valence-electron chi connectivity index (χ0n) is 13.3. The van der Waals surface area contributed by atoms with Crippen LogP contribution in [0.2, 0.25) is 0 Å². The van der Waals surface area contributed by atoms with Crippen molar-refractivity contribution in [2.45, 2.75) is 11.8 Å². The minimum absolute atomic E-state index is 0.0641. The Kier molecular flexibility index (Phi) is 4.99. The molecule has 0 unspecified atom stereocenters. The summed E-state index contributed by atoms with van der Waals surface area (Å²) in [6.45, 7) is 2.87. The standard InChI is InChI=1S/C14H16N4O5S2/c1-9-16-17-14(24-9)15-13(20)11-8-10(2-3-12(11)19)25(21,22)18-4-6-23-7-5-18/h2-3,8,19H,4-7H2,1H3,(H,15,17,20). The molecular formula is C14H16N4O5S2. The Labute approximate surface area is 148 Å². The molecule has 1 amide bonds. The maximum absolute atomic E-state index is 12.7. The summed E-state index contributed by atoms with van der Waals surface area (Å²) < 4.78 is 31.8. The first kappa shape index (κ1) is 17.7. The highest BCUT2D eigenvalue weighted by atomic mass is 32.2. The fourth-order valence-electron chi connectivity index (χ4n) is 2.31. The second-order valence-corrected chi connectivity index (χ2v) is 8.40. The van der Waals surface area contributed by atoms with Gasteiger partial charge in [-0.25, -0.2) is 8.42 Å². The van der Waals surface area contributed by atoms with Crippen molar-refractivity contribution < 1.29 is 23.1 Å². The predicted octanol–water partition coefficient (Wildman–Crippen LogP) is 0.825. The fraction of sp³-hybridized carbons (Fsp3) is 0.357. The highest BCUT2D eigenvalue weighted by molar-refractivity contribution is 7.89. The lowest BCUT2D eigenvalue weighted by Crippen LogP contribution is -2.40. The van der Waals surface area contributed by atoms with Gasteiger partial charge in [-0.2, -0.15) is 4.31 Å². The molecule has 0 aliphatic carbocycles. The summed E-state index contributed by atoms with van der Waals surface area (Å²) in [5.41, 5.74) is -0.151. The Hall–Kier alpha value is -2.08. The number of nitrogens with one attached hydrogen (secondary N) is 1. The smallest absolute Gasteiger partial charge is 0.261 e. The number of sulfonamides is 1. The molecule has 2 aromatic rings. The molecule has 25 heavy (non-hydrogen) atoms. The third-order valence-corrected chi connectivity index (χ3v) is 6.22. The van der Waals surface area contributed by atoms with Gasteiger partial charge < -0.3 is 9.84 Å². The summed E-state index contributed by atoms with van der Waals surface area (Å²) in [7, 11) is -3.77. The molecule has 11 heteroatoms. The molecule has 0 bridgehead atoms. The number of aryl methyl sites for hydroxylation is 1. The Morgan fingerprint density at radius 3 is 2.68 bits per heavy atom. The van der Waals surface area contributed by atoms with Gasteiger partial charge in [-0.3, -0.25) is 10.1 Å². The highest BCUT2D eigenvalue weighted by Gasteiger charge is 2.28. The molecule has 9 nitrogen and oxygen atoms in total. The number of aromatic hydroxyl groups is 1. The van der Waals surface area contributed by atoms with Gasteiger partial charge in [-0.15, -0.1) is 10.2 Å². The van der Waals surface area contributed by atoms with Gasteiger partial charge in [-0.05, 0) is 25.1 Å². The number of amides is 1. The number of hydrogen-bond donors (Lipinski definition) is 2. The van der Waals surface area contributed by atoms with E-state index in [2.05, 4.69) is 15.5 Å². The molecule has 1 aromatic heterocycles. The number of ether oxygens (including phenoxy) is 1. The maximum atomic E-state index is 12.7. The normalized spacial score (nSPS) is 15.9. The quantitative estimate of drug-likeness (QED) is 0.800. The highest BCUT2D eigenvalue weighted by Crippen LogP contribution is 2.25. The van der Waals surface area contributed by atoms with Crippen molar-refractivity contribution in [3.05, 3.63) is 28.8 Å². The van der Waals surface area contributed by atoms with Crippen molar-refractivity contribution in [2.75, 3.05) is 31.6 Å². The predicted molar refractivity (Wildman–Crippen MR) is 90.3 cm³/mol. The fourth-order valence-corrected chi connectivity index (χ4v) is 4.33. The molecule has 1 saturated heterocycles. The third kappa shape index (κ3) is 3.79. The topological polar surface area (TPSA) is 122 Å². The lowest BCUT2D eigenvalue weighted by Gasteiger charge is -2.26. The first-order valence-corrected chi connectivity index (χ1v) is 9.66. The number of phenolic OH excluding ortho intramolecular Hbond substituents is 1. The van der Waals surface area contributed by atoms with Crippen molar-refractivity contribution in [1.82, 2.24) is 14.5 Å². The summed E-state index contributed by atoms with van der Waals surface area (Å²) in [5.74, 6) is -0.979. The number of nitrogens with zero attached hydrogens (tertiary/aromatic N) is 3. The third-order valence-electron chi connectivity index (χ3n) is 3.57. The Bertz CT molecular complexity index is 890. The Morgan fingerprint density at radius 2 is 2.04 bits per heavy atom. The first-order chi connectivity index (χ1) is 11.9. The van der Waals surface area contributed by atoms with Gasteiger partial charge in [0.15, 0.2) is 0 Å². The van der Waals surface area contributed by atoms with Crippen LogP contribution in [0.3, 0.4) is 0 Å². The van der Waals surface area contributed by atoms with E-state index in [0.717, 1.165) is 6.07 Å². The van der Waals surface area contributed by atoms with Gasteiger partial charge in [0, 0.05) is 13.1 Å². The number of morpholine rings is 1. The number of aromatic nitrogens is 2. The van der Waals surface area contributed by atoms with Crippen LogP contribution in [0.1, 0.15) is 15.4 Å². The van der Waals surface area contributed by atoms with Crippen LogP contribution in [0.4, 0.5) is 5.13 Å². The van der Waals surface area contributed by atoms with Crippen molar-refractivity contribution in [3.63, 3.8) is 0 Å². The van der Waals surface area contributed by atoms with Crippen molar-refractivity contribution in [2.24, 2.45) is 0 Å². The van der Waals surface area contributed by atoms with Gasteiger partial charge in [0.25, 0.3) is 5.91 Å². The van der Waals surface area contributed by atoms with E-state index in [1.807, 2.05) is 0 Å². The van der Waals surface area contributed by atoms with Crippen molar-refractivity contribution in [1.29, 1.82) is 0 Å². The van der Waals surface area contributed by atoms with Crippen molar-refractivity contribution >= 4 is 32.4 Å². The van der Waals surface area contributed by atoms with Gasteiger partial charge in [0.2, 0.25) is 15.2 Å². The second kappa shape index (κ2) is 7.04. The minimum atomic E-state index is -3.77. The zero-order chi connectivity index (χ0) is 18.0. The van der Waals surface area contributed by atoms with E-state index < -0.39 is 15.9 Å². The van der Waals surface area contributed by atoms with E-state index in [9.17, 15) is 18.3 Å². The van der Waals surface area contributed by atoms with E-state index in [-0.39, 0.29) is 34.4 Å². The number of hydrogen-bond acceptors (Lipinski definition) is 8. The van der Waals surface area contributed by atoms with Gasteiger partial charge >= 0.3 is 0 Å².